The van der Waals surface area contributed by atoms with Crippen LogP contribution in [0.1, 0.15) is 10.6 Å². The Morgan fingerprint density at radius 2 is 2.10 bits per heavy atom. The predicted molar refractivity (Wildman–Crippen MR) is 82.7 cm³/mol. The zero-order valence-corrected chi connectivity index (χ0v) is 12.2. The van der Waals surface area contributed by atoms with Crippen LogP contribution >= 0.6 is 11.3 Å². The second-order valence-electron chi connectivity index (χ2n) is 4.97. The van der Waals surface area contributed by atoms with Crippen molar-refractivity contribution in [3.63, 3.8) is 0 Å². The summed E-state index contributed by atoms with van der Waals surface area (Å²) in [6, 6.07) is 9.64. The van der Waals surface area contributed by atoms with E-state index in [1.165, 1.54) is 6.07 Å². The highest BCUT2D eigenvalue weighted by Crippen LogP contribution is 2.37. The van der Waals surface area contributed by atoms with Crippen molar-refractivity contribution in [2.24, 2.45) is 0 Å². The van der Waals surface area contributed by atoms with Gasteiger partial charge in [0.2, 0.25) is 5.88 Å². The van der Waals surface area contributed by atoms with Crippen LogP contribution in [0.25, 0.3) is 21.6 Å². The van der Waals surface area contributed by atoms with Gasteiger partial charge in [-0.25, -0.2) is 4.98 Å². The molecule has 2 aromatic heterocycles. The second kappa shape index (κ2) is 4.56. The fourth-order valence-corrected chi connectivity index (χ4v) is 3.33. The van der Waals surface area contributed by atoms with Gasteiger partial charge in [0.05, 0.1) is 9.88 Å². The highest BCUT2D eigenvalue weighted by Gasteiger charge is 2.18. The van der Waals surface area contributed by atoms with Gasteiger partial charge >= 0.3 is 0 Å². The van der Waals surface area contributed by atoms with Gasteiger partial charge in [0.15, 0.2) is 0 Å². The van der Waals surface area contributed by atoms with Crippen LogP contribution in [-0.2, 0) is 6.61 Å². The number of nitrogens with one attached hydrogen (secondary N) is 1. The summed E-state index contributed by atoms with van der Waals surface area (Å²) in [5.41, 5.74) is 4.17. The number of aromatic nitrogens is 2. The SMILES string of the molecule is Cc1ncc(-c2ccc3c(c2)COc2[nH]c(=O)ccc2-3)s1. The van der Waals surface area contributed by atoms with Crippen LogP contribution < -0.4 is 10.3 Å². The number of fused-ring (bicyclic) bond motifs is 3. The van der Waals surface area contributed by atoms with Gasteiger partial charge in [-0.1, -0.05) is 12.1 Å². The number of pyridine rings is 1. The molecule has 0 radical (unpaired) electrons. The summed E-state index contributed by atoms with van der Waals surface area (Å²) in [5.74, 6) is 0.552. The summed E-state index contributed by atoms with van der Waals surface area (Å²) >= 11 is 1.68. The topological polar surface area (TPSA) is 55.0 Å². The van der Waals surface area contributed by atoms with E-state index in [1.807, 2.05) is 19.2 Å². The molecule has 21 heavy (non-hydrogen) atoms. The number of rotatable bonds is 1. The zero-order valence-electron chi connectivity index (χ0n) is 11.3. The third-order valence-corrected chi connectivity index (χ3v) is 4.52. The second-order valence-corrected chi connectivity index (χ2v) is 6.20. The van der Waals surface area contributed by atoms with E-state index in [4.69, 9.17) is 4.74 Å². The monoisotopic (exact) mass is 296 g/mol. The lowest BCUT2D eigenvalue weighted by Crippen LogP contribution is -2.12. The molecule has 1 aliphatic rings. The van der Waals surface area contributed by atoms with Crippen molar-refractivity contribution in [2.45, 2.75) is 13.5 Å². The van der Waals surface area contributed by atoms with Gasteiger partial charge in [-0.3, -0.25) is 9.78 Å². The molecule has 0 atom stereocenters. The molecule has 0 spiro atoms. The summed E-state index contributed by atoms with van der Waals surface area (Å²) in [6.45, 7) is 2.47. The van der Waals surface area contributed by atoms with E-state index in [2.05, 4.69) is 28.2 Å². The average molecular weight is 296 g/mol. The number of nitrogens with zero attached hydrogens (tertiary/aromatic N) is 1. The number of ether oxygens (including phenoxy) is 1. The Morgan fingerprint density at radius 3 is 2.90 bits per heavy atom. The average Bonchev–Trinajstić information content (AvgIpc) is 2.93. The summed E-state index contributed by atoms with van der Waals surface area (Å²) in [7, 11) is 0. The van der Waals surface area contributed by atoms with Crippen molar-refractivity contribution in [1.29, 1.82) is 0 Å². The first kappa shape index (κ1) is 12.3. The molecule has 0 unspecified atom stereocenters. The van der Waals surface area contributed by atoms with E-state index in [0.717, 1.165) is 32.1 Å². The smallest absolute Gasteiger partial charge is 0.250 e. The molecule has 3 heterocycles. The fourth-order valence-electron chi connectivity index (χ4n) is 2.56. The quantitative estimate of drug-likeness (QED) is 0.749. The van der Waals surface area contributed by atoms with Gasteiger partial charge < -0.3 is 4.74 Å². The standard InChI is InChI=1S/C16H12N2O2S/c1-9-17-7-14(21-9)10-2-3-12-11(6-10)8-20-16-13(12)4-5-15(19)18-16/h2-7H,8H2,1H3,(H,18,19). The molecule has 1 aliphatic heterocycles. The minimum atomic E-state index is -0.144. The summed E-state index contributed by atoms with van der Waals surface area (Å²) in [5, 5.41) is 1.06. The summed E-state index contributed by atoms with van der Waals surface area (Å²) in [6.07, 6.45) is 1.90. The van der Waals surface area contributed by atoms with Crippen LogP contribution in [0.15, 0.2) is 41.3 Å². The van der Waals surface area contributed by atoms with Crippen molar-refractivity contribution in [2.75, 3.05) is 0 Å². The number of thiazole rings is 1. The number of benzene rings is 1. The lowest BCUT2D eigenvalue weighted by atomic mass is 9.96. The van der Waals surface area contributed by atoms with Gasteiger partial charge in [0, 0.05) is 17.8 Å². The minimum absolute atomic E-state index is 0.144. The molecule has 4 nitrogen and oxygen atoms in total. The van der Waals surface area contributed by atoms with Crippen molar-refractivity contribution < 1.29 is 4.74 Å². The maximum atomic E-state index is 11.4. The molecule has 0 amide bonds. The van der Waals surface area contributed by atoms with Gasteiger partial charge in [0.1, 0.15) is 6.61 Å². The van der Waals surface area contributed by atoms with Gasteiger partial charge in [-0.05, 0) is 35.7 Å². The number of aromatic amines is 1. The maximum Gasteiger partial charge on any atom is 0.250 e. The van der Waals surface area contributed by atoms with E-state index >= 15 is 0 Å². The van der Waals surface area contributed by atoms with Crippen molar-refractivity contribution >= 4 is 11.3 Å². The molecular weight excluding hydrogens is 284 g/mol. The van der Waals surface area contributed by atoms with Crippen LogP contribution in [0, 0.1) is 6.92 Å². The van der Waals surface area contributed by atoms with Crippen LogP contribution in [-0.4, -0.2) is 9.97 Å². The molecule has 104 valence electrons. The normalized spacial score (nSPS) is 12.4. The molecule has 0 fully saturated rings. The lowest BCUT2D eigenvalue weighted by molar-refractivity contribution is 0.289. The van der Waals surface area contributed by atoms with Crippen LogP contribution in [0.2, 0.25) is 0 Å². The summed E-state index contributed by atoms with van der Waals surface area (Å²) < 4.78 is 5.66. The Morgan fingerprint density at radius 1 is 1.24 bits per heavy atom. The Kier molecular flexibility index (Phi) is 2.68. The number of hydrogen-bond donors (Lipinski definition) is 1. The molecule has 0 bridgehead atoms. The molecule has 4 rings (SSSR count). The fraction of sp³-hybridized carbons (Fsp3) is 0.125. The molecular formula is C16H12N2O2S. The lowest BCUT2D eigenvalue weighted by Gasteiger charge is -2.20. The third-order valence-electron chi connectivity index (χ3n) is 3.56. The number of H-pyrrole nitrogens is 1. The first-order valence-electron chi connectivity index (χ1n) is 6.63. The number of hydrogen-bond acceptors (Lipinski definition) is 4. The number of aryl methyl sites for hydroxylation is 1. The Labute approximate surface area is 125 Å². The molecule has 5 heteroatoms. The largest absolute Gasteiger partial charge is 0.474 e. The maximum absolute atomic E-state index is 11.4. The highest BCUT2D eigenvalue weighted by molar-refractivity contribution is 7.15. The Hall–Kier alpha value is -2.40. The van der Waals surface area contributed by atoms with Crippen molar-refractivity contribution in [3.8, 4) is 27.4 Å². The van der Waals surface area contributed by atoms with Crippen LogP contribution in [0.3, 0.4) is 0 Å². The van der Waals surface area contributed by atoms with Crippen molar-refractivity contribution in [3.05, 3.63) is 57.5 Å². The summed E-state index contributed by atoms with van der Waals surface area (Å²) in [4.78, 5) is 19.5. The third kappa shape index (κ3) is 2.06. The molecule has 0 saturated carbocycles. The Bertz CT molecular complexity index is 895. The van der Waals surface area contributed by atoms with E-state index in [9.17, 15) is 4.79 Å². The molecule has 0 aliphatic carbocycles. The van der Waals surface area contributed by atoms with E-state index < -0.39 is 0 Å². The molecule has 0 saturated heterocycles. The molecule has 1 aromatic carbocycles. The van der Waals surface area contributed by atoms with E-state index in [1.54, 1.807) is 11.3 Å². The zero-order chi connectivity index (χ0) is 14.4. The molecule has 3 aromatic rings. The van der Waals surface area contributed by atoms with Gasteiger partial charge in [-0.2, -0.15) is 0 Å². The van der Waals surface area contributed by atoms with Crippen LogP contribution in [0.5, 0.6) is 5.88 Å². The highest BCUT2D eigenvalue weighted by atomic mass is 32.1. The van der Waals surface area contributed by atoms with Crippen LogP contribution in [0.4, 0.5) is 0 Å². The van der Waals surface area contributed by atoms with E-state index in [-0.39, 0.29) is 5.56 Å². The van der Waals surface area contributed by atoms with E-state index in [0.29, 0.717) is 12.5 Å². The molecule has 1 N–H and O–H groups in total. The first-order chi connectivity index (χ1) is 10.2. The first-order valence-corrected chi connectivity index (χ1v) is 7.44. The predicted octanol–water partition coefficient (Wildman–Crippen LogP) is 3.37. The minimum Gasteiger partial charge on any atom is -0.474 e. The Balaban J connectivity index is 1.84. The van der Waals surface area contributed by atoms with Crippen molar-refractivity contribution in [1.82, 2.24) is 9.97 Å². The van der Waals surface area contributed by atoms with Gasteiger partial charge in [-0.15, -0.1) is 11.3 Å². The van der Waals surface area contributed by atoms with Gasteiger partial charge in [0.25, 0.3) is 5.56 Å².